The summed E-state index contributed by atoms with van der Waals surface area (Å²) in [6.45, 7) is 3.30. The van der Waals surface area contributed by atoms with Crippen molar-refractivity contribution in [3.05, 3.63) is 77.2 Å². The molecular weight excluding hydrogens is 378 g/mol. The molecule has 0 saturated heterocycles. The topological polar surface area (TPSA) is 116 Å². The lowest BCUT2D eigenvalue weighted by Gasteiger charge is -2.24. The summed E-state index contributed by atoms with van der Waals surface area (Å²) < 4.78 is 24.1. The summed E-state index contributed by atoms with van der Waals surface area (Å²) in [5.74, 6) is -0.910. The lowest BCUT2D eigenvalue weighted by molar-refractivity contribution is -0.126. The highest BCUT2D eigenvalue weighted by Gasteiger charge is 2.30. The summed E-state index contributed by atoms with van der Waals surface area (Å²) in [5, 5.41) is 9.29. The minimum Gasteiger partial charge on any atom is -0.272 e. The Morgan fingerprint density at radius 1 is 1.00 bits per heavy atom. The van der Waals surface area contributed by atoms with E-state index < -0.39 is 27.1 Å². The zero-order valence-electron chi connectivity index (χ0n) is 15.3. The Balaban J connectivity index is 2.11. The Morgan fingerprint density at radius 3 is 2.18 bits per heavy atom. The standard InChI is InChI=1S/C20H19N3O4S/c1-20(2,19(25)23-22-18(24)15-7-4-3-5-8-15)16-9-11-17(12-10-16)28(26,27)14-6-13-21/h3-12,14H,1-2H3,(H,22,24)(H,23,25)/b14-6+. The van der Waals surface area contributed by atoms with Crippen molar-refractivity contribution >= 4 is 21.7 Å². The lowest BCUT2D eigenvalue weighted by Crippen LogP contribution is -2.49. The Morgan fingerprint density at radius 2 is 1.61 bits per heavy atom. The molecule has 0 unspecified atom stereocenters. The van der Waals surface area contributed by atoms with Gasteiger partial charge in [-0.2, -0.15) is 5.26 Å². The Kier molecular flexibility index (Phi) is 6.33. The second-order valence-electron chi connectivity index (χ2n) is 6.40. The van der Waals surface area contributed by atoms with E-state index in [0.717, 1.165) is 11.5 Å². The van der Waals surface area contributed by atoms with Gasteiger partial charge in [0.25, 0.3) is 5.91 Å². The van der Waals surface area contributed by atoms with Crippen molar-refractivity contribution < 1.29 is 18.0 Å². The predicted molar refractivity (Wildman–Crippen MR) is 103 cm³/mol. The molecule has 2 amide bonds. The van der Waals surface area contributed by atoms with E-state index in [-0.39, 0.29) is 4.90 Å². The number of hydrogen-bond acceptors (Lipinski definition) is 5. The molecule has 0 atom stereocenters. The summed E-state index contributed by atoms with van der Waals surface area (Å²) >= 11 is 0. The van der Waals surface area contributed by atoms with Gasteiger partial charge in [-0.3, -0.25) is 20.4 Å². The molecular formula is C20H19N3O4S. The smallest absolute Gasteiger partial charge is 0.269 e. The first-order valence-corrected chi connectivity index (χ1v) is 9.81. The number of hydrogen-bond donors (Lipinski definition) is 2. The molecule has 0 radical (unpaired) electrons. The van der Waals surface area contributed by atoms with E-state index in [1.54, 1.807) is 50.2 Å². The molecule has 8 heteroatoms. The van der Waals surface area contributed by atoms with Gasteiger partial charge < -0.3 is 0 Å². The molecule has 0 aromatic heterocycles. The second kappa shape index (κ2) is 8.50. The molecule has 2 rings (SSSR count). The van der Waals surface area contributed by atoms with Gasteiger partial charge in [-0.15, -0.1) is 0 Å². The number of nitriles is 1. The van der Waals surface area contributed by atoms with Gasteiger partial charge in [0.15, 0.2) is 0 Å². The molecule has 2 aromatic rings. The fourth-order valence-corrected chi connectivity index (χ4v) is 3.24. The van der Waals surface area contributed by atoms with E-state index in [1.165, 1.54) is 24.3 Å². The van der Waals surface area contributed by atoms with Crippen LogP contribution in [0.2, 0.25) is 0 Å². The molecule has 0 aliphatic carbocycles. The summed E-state index contributed by atoms with van der Waals surface area (Å²) in [4.78, 5) is 24.6. The number of amides is 2. The fraction of sp³-hybridized carbons (Fsp3) is 0.150. The van der Waals surface area contributed by atoms with Crippen LogP contribution in [0.4, 0.5) is 0 Å². The van der Waals surface area contributed by atoms with Crippen LogP contribution in [0.3, 0.4) is 0 Å². The van der Waals surface area contributed by atoms with E-state index >= 15 is 0 Å². The monoisotopic (exact) mass is 397 g/mol. The molecule has 0 fully saturated rings. The minimum absolute atomic E-state index is 0.0105. The first-order valence-electron chi connectivity index (χ1n) is 8.26. The third-order valence-electron chi connectivity index (χ3n) is 4.12. The molecule has 144 valence electrons. The molecule has 0 saturated carbocycles. The Bertz CT molecular complexity index is 1040. The number of carbonyl (C=O) groups is 2. The van der Waals surface area contributed by atoms with Crippen molar-refractivity contribution in [3.8, 4) is 6.07 Å². The van der Waals surface area contributed by atoms with Crippen LogP contribution in [0.1, 0.15) is 29.8 Å². The van der Waals surface area contributed by atoms with E-state index in [2.05, 4.69) is 10.9 Å². The largest absolute Gasteiger partial charge is 0.272 e. The molecule has 0 aliphatic rings. The van der Waals surface area contributed by atoms with Gasteiger partial charge in [-0.25, -0.2) is 8.42 Å². The number of carbonyl (C=O) groups excluding carboxylic acids is 2. The highest BCUT2D eigenvalue weighted by molar-refractivity contribution is 7.94. The van der Waals surface area contributed by atoms with Crippen LogP contribution in [-0.4, -0.2) is 20.2 Å². The van der Waals surface area contributed by atoms with Crippen LogP contribution >= 0.6 is 0 Å². The average Bonchev–Trinajstić information content (AvgIpc) is 2.70. The molecule has 0 bridgehead atoms. The summed E-state index contributed by atoms with van der Waals surface area (Å²) in [6, 6.07) is 15.8. The van der Waals surface area contributed by atoms with Crippen LogP contribution in [0.15, 0.2) is 71.0 Å². The number of nitrogens with one attached hydrogen (secondary N) is 2. The van der Waals surface area contributed by atoms with Gasteiger partial charge in [0.05, 0.1) is 16.4 Å². The maximum absolute atomic E-state index is 12.5. The average molecular weight is 397 g/mol. The van der Waals surface area contributed by atoms with Crippen LogP contribution in [-0.2, 0) is 20.0 Å². The maximum Gasteiger partial charge on any atom is 0.269 e. The minimum atomic E-state index is -3.72. The first kappa shape index (κ1) is 20.9. The van der Waals surface area contributed by atoms with Gasteiger partial charge in [0.1, 0.15) is 0 Å². The lowest BCUT2D eigenvalue weighted by atomic mass is 9.84. The number of hydrazine groups is 1. The van der Waals surface area contributed by atoms with Crippen LogP contribution in [0.25, 0.3) is 0 Å². The van der Waals surface area contributed by atoms with Gasteiger partial charge in [0.2, 0.25) is 15.7 Å². The van der Waals surface area contributed by atoms with Crippen molar-refractivity contribution in [1.82, 2.24) is 10.9 Å². The second-order valence-corrected chi connectivity index (χ2v) is 8.23. The van der Waals surface area contributed by atoms with E-state index in [4.69, 9.17) is 5.26 Å². The highest BCUT2D eigenvalue weighted by Crippen LogP contribution is 2.25. The number of benzene rings is 2. The zero-order chi connectivity index (χ0) is 20.8. The number of allylic oxidation sites excluding steroid dienone is 1. The maximum atomic E-state index is 12.5. The van der Waals surface area contributed by atoms with Gasteiger partial charge in [-0.1, -0.05) is 30.3 Å². The highest BCUT2D eigenvalue weighted by atomic mass is 32.2. The molecule has 2 aromatic carbocycles. The van der Waals surface area contributed by atoms with Crippen molar-refractivity contribution in [1.29, 1.82) is 5.26 Å². The third kappa shape index (κ3) is 4.84. The van der Waals surface area contributed by atoms with Gasteiger partial charge in [0, 0.05) is 17.0 Å². The molecule has 2 N–H and O–H groups in total. The Labute approximate surface area is 163 Å². The molecule has 0 spiro atoms. The van der Waals surface area contributed by atoms with Crippen molar-refractivity contribution in [2.75, 3.05) is 0 Å². The quantitative estimate of drug-likeness (QED) is 0.593. The van der Waals surface area contributed by atoms with E-state index in [9.17, 15) is 18.0 Å². The summed E-state index contributed by atoms with van der Waals surface area (Å²) in [5.41, 5.74) is 4.68. The molecule has 0 aliphatic heterocycles. The van der Waals surface area contributed by atoms with Crippen LogP contribution in [0, 0.1) is 11.3 Å². The van der Waals surface area contributed by atoms with E-state index in [1.807, 2.05) is 0 Å². The van der Waals surface area contributed by atoms with E-state index in [0.29, 0.717) is 11.1 Å². The fourth-order valence-electron chi connectivity index (χ4n) is 2.32. The normalized spacial score (nSPS) is 11.6. The number of nitrogens with zero attached hydrogens (tertiary/aromatic N) is 1. The summed E-state index contributed by atoms with van der Waals surface area (Å²) in [6.07, 6.45) is 0.885. The van der Waals surface area contributed by atoms with Crippen LogP contribution < -0.4 is 10.9 Å². The van der Waals surface area contributed by atoms with Crippen molar-refractivity contribution in [2.24, 2.45) is 0 Å². The number of sulfone groups is 1. The summed E-state index contributed by atoms with van der Waals surface area (Å²) in [7, 11) is -3.72. The first-order chi connectivity index (χ1) is 13.2. The van der Waals surface area contributed by atoms with Crippen molar-refractivity contribution in [2.45, 2.75) is 24.2 Å². The molecule has 28 heavy (non-hydrogen) atoms. The predicted octanol–water partition coefficient (Wildman–Crippen LogP) is 2.24. The zero-order valence-corrected chi connectivity index (χ0v) is 16.2. The SMILES string of the molecule is CC(C)(C(=O)NNC(=O)c1ccccc1)c1ccc(S(=O)(=O)/C=C/C#N)cc1. The number of rotatable bonds is 5. The van der Waals surface area contributed by atoms with Crippen LogP contribution in [0.5, 0.6) is 0 Å². The van der Waals surface area contributed by atoms with Gasteiger partial charge in [-0.05, 0) is 43.7 Å². The molecule has 0 heterocycles. The third-order valence-corrected chi connectivity index (χ3v) is 5.54. The van der Waals surface area contributed by atoms with Gasteiger partial charge >= 0.3 is 0 Å². The van der Waals surface area contributed by atoms with Crippen molar-refractivity contribution in [3.63, 3.8) is 0 Å². The Hall–Kier alpha value is -3.44. The molecule has 7 nitrogen and oxygen atoms in total.